The number of aryl methyl sites for hydroxylation is 2. The average molecular weight is 251 g/mol. The molecule has 1 aliphatic carbocycles. The van der Waals surface area contributed by atoms with Gasteiger partial charge < -0.3 is 10.6 Å². The van der Waals surface area contributed by atoms with Gasteiger partial charge in [0.05, 0.1) is 11.2 Å². The summed E-state index contributed by atoms with van der Waals surface area (Å²) >= 11 is 1.88. The fraction of sp³-hybridized carbons (Fsp3) is 0.769. The van der Waals surface area contributed by atoms with Crippen molar-refractivity contribution < 1.29 is 0 Å². The molecule has 1 unspecified atom stereocenters. The molecule has 3 rings (SSSR count). The molecule has 1 aromatic rings. The molecule has 2 aliphatic rings. The maximum atomic E-state index is 6.59. The lowest BCUT2D eigenvalue weighted by Crippen LogP contribution is -2.50. The Labute approximate surface area is 107 Å². The molecule has 17 heavy (non-hydrogen) atoms. The summed E-state index contributed by atoms with van der Waals surface area (Å²) in [6.45, 7) is 2.13. The Kier molecular flexibility index (Phi) is 2.97. The standard InChI is InChI=1S/C13H21N3S/c1-16-8-4-7-13(14,9-16)12-15-10-5-2-3-6-11(10)17-12/h2-9,14H2,1H3. The van der Waals surface area contributed by atoms with Gasteiger partial charge in [-0.25, -0.2) is 4.98 Å². The maximum Gasteiger partial charge on any atom is 0.114 e. The lowest BCUT2D eigenvalue weighted by atomic mass is 9.91. The van der Waals surface area contributed by atoms with Gasteiger partial charge in [0, 0.05) is 11.4 Å². The number of thiazole rings is 1. The van der Waals surface area contributed by atoms with Gasteiger partial charge in [0.2, 0.25) is 0 Å². The fourth-order valence-corrected chi connectivity index (χ4v) is 4.31. The van der Waals surface area contributed by atoms with Gasteiger partial charge in [0.15, 0.2) is 0 Å². The van der Waals surface area contributed by atoms with E-state index in [0.717, 1.165) is 19.4 Å². The SMILES string of the molecule is CN1CCCC(N)(c2nc3c(s2)CCCC3)C1. The van der Waals surface area contributed by atoms with Crippen LogP contribution < -0.4 is 5.73 Å². The van der Waals surface area contributed by atoms with E-state index in [-0.39, 0.29) is 5.54 Å². The Morgan fingerprint density at radius 1 is 1.29 bits per heavy atom. The number of piperidine rings is 1. The predicted octanol–water partition coefficient (Wildman–Crippen LogP) is 1.90. The molecule has 1 aliphatic heterocycles. The van der Waals surface area contributed by atoms with Crippen molar-refractivity contribution in [3.05, 3.63) is 15.6 Å². The van der Waals surface area contributed by atoms with E-state index in [1.165, 1.54) is 47.8 Å². The van der Waals surface area contributed by atoms with Crippen LogP contribution in [-0.4, -0.2) is 30.0 Å². The molecule has 0 radical (unpaired) electrons. The molecule has 4 heteroatoms. The van der Waals surface area contributed by atoms with Crippen molar-refractivity contribution in [3.63, 3.8) is 0 Å². The molecule has 0 aromatic carbocycles. The zero-order valence-corrected chi connectivity index (χ0v) is 11.4. The highest BCUT2D eigenvalue weighted by molar-refractivity contribution is 7.11. The van der Waals surface area contributed by atoms with Crippen LogP contribution in [0.1, 0.15) is 41.3 Å². The zero-order valence-electron chi connectivity index (χ0n) is 10.5. The first-order valence-electron chi connectivity index (χ1n) is 6.64. The van der Waals surface area contributed by atoms with Gasteiger partial charge in [-0.2, -0.15) is 0 Å². The van der Waals surface area contributed by atoms with Crippen molar-refractivity contribution in [2.75, 3.05) is 20.1 Å². The minimum absolute atomic E-state index is 0.186. The van der Waals surface area contributed by atoms with Crippen LogP contribution in [0, 0.1) is 0 Å². The molecule has 94 valence electrons. The summed E-state index contributed by atoms with van der Waals surface area (Å²) in [6.07, 6.45) is 7.29. The number of likely N-dealkylation sites (tertiary alicyclic amines) is 1. The number of hydrogen-bond donors (Lipinski definition) is 1. The lowest BCUT2D eigenvalue weighted by Gasteiger charge is -2.37. The fourth-order valence-electron chi connectivity index (χ4n) is 3.04. The van der Waals surface area contributed by atoms with Crippen molar-refractivity contribution in [3.8, 4) is 0 Å². The second kappa shape index (κ2) is 4.34. The Hall–Kier alpha value is -0.450. The molecular formula is C13H21N3S. The Morgan fingerprint density at radius 3 is 2.88 bits per heavy atom. The largest absolute Gasteiger partial charge is 0.318 e. The number of hydrogen-bond acceptors (Lipinski definition) is 4. The van der Waals surface area contributed by atoms with Crippen LogP contribution in [0.4, 0.5) is 0 Å². The minimum Gasteiger partial charge on any atom is -0.318 e. The zero-order chi connectivity index (χ0) is 11.9. The topological polar surface area (TPSA) is 42.1 Å². The summed E-state index contributed by atoms with van der Waals surface area (Å²) in [7, 11) is 2.16. The molecule has 1 saturated heterocycles. The summed E-state index contributed by atoms with van der Waals surface area (Å²) in [5.74, 6) is 0. The maximum absolute atomic E-state index is 6.59. The van der Waals surface area contributed by atoms with E-state index >= 15 is 0 Å². The van der Waals surface area contributed by atoms with E-state index in [4.69, 9.17) is 10.7 Å². The molecule has 1 atom stereocenters. The molecule has 2 heterocycles. The number of fused-ring (bicyclic) bond motifs is 1. The third-order valence-electron chi connectivity index (χ3n) is 3.99. The van der Waals surface area contributed by atoms with Gasteiger partial charge in [0.1, 0.15) is 5.01 Å². The summed E-state index contributed by atoms with van der Waals surface area (Å²) in [6, 6.07) is 0. The van der Waals surface area contributed by atoms with Crippen LogP contribution >= 0.6 is 11.3 Å². The summed E-state index contributed by atoms with van der Waals surface area (Å²) in [5.41, 5.74) is 7.75. The van der Waals surface area contributed by atoms with Crippen molar-refractivity contribution >= 4 is 11.3 Å². The van der Waals surface area contributed by atoms with Gasteiger partial charge in [-0.3, -0.25) is 0 Å². The molecule has 1 fully saturated rings. The molecule has 0 bridgehead atoms. The third kappa shape index (κ3) is 2.14. The summed E-state index contributed by atoms with van der Waals surface area (Å²) < 4.78 is 0. The van der Waals surface area contributed by atoms with Crippen LogP contribution in [-0.2, 0) is 18.4 Å². The lowest BCUT2D eigenvalue weighted by molar-refractivity contribution is 0.179. The van der Waals surface area contributed by atoms with Crippen molar-refractivity contribution in [1.29, 1.82) is 0 Å². The summed E-state index contributed by atoms with van der Waals surface area (Å²) in [4.78, 5) is 8.69. The highest BCUT2D eigenvalue weighted by Gasteiger charge is 2.35. The van der Waals surface area contributed by atoms with Crippen LogP contribution in [0.2, 0.25) is 0 Å². The molecule has 3 nitrogen and oxygen atoms in total. The van der Waals surface area contributed by atoms with Crippen molar-refractivity contribution in [2.45, 2.75) is 44.1 Å². The second-order valence-electron chi connectivity index (χ2n) is 5.59. The number of rotatable bonds is 1. The normalized spacial score (nSPS) is 30.2. The van der Waals surface area contributed by atoms with Gasteiger partial charge in [-0.15, -0.1) is 11.3 Å². The van der Waals surface area contributed by atoms with Gasteiger partial charge >= 0.3 is 0 Å². The average Bonchev–Trinajstić information content (AvgIpc) is 2.73. The first-order valence-corrected chi connectivity index (χ1v) is 7.45. The van der Waals surface area contributed by atoms with Gasteiger partial charge in [0.25, 0.3) is 0 Å². The van der Waals surface area contributed by atoms with Crippen molar-refractivity contribution in [1.82, 2.24) is 9.88 Å². The van der Waals surface area contributed by atoms with Crippen LogP contribution in [0.5, 0.6) is 0 Å². The van der Waals surface area contributed by atoms with E-state index in [2.05, 4.69) is 11.9 Å². The number of aromatic nitrogens is 1. The van der Waals surface area contributed by atoms with E-state index in [0.29, 0.717) is 0 Å². The van der Waals surface area contributed by atoms with Crippen molar-refractivity contribution in [2.24, 2.45) is 5.73 Å². The summed E-state index contributed by atoms with van der Waals surface area (Å²) in [5, 5.41) is 1.19. The molecule has 0 spiro atoms. The molecule has 0 amide bonds. The third-order valence-corrected chi connectivity index (χ3v) is 5.36. The first kappa shape index (κ1) is 11.6. The van der Waals surface area contributed by atoms with E-state index in [1.807, 2.05) is 11.3 Å². The first-order chi connectivity index (χ1) is 8.17. The van der Waals surface area contributed by atoms with Gasteiger partial charge in [-0.05, 0) is 52.1 Å². The molecule has 1 aromatic heterocycles. The second-order valence-corrected chi connectivity index (χ2v) is 6.68. The van der Waals surface area contributed by atoms with Crippen LogP contribution in [0.25, 0.3) is 0 Å². The Morgan fingerprint density at radius 2 is 2.12 bits per heavy atom. The highest BCUT2D eigenvalue weighted by Crippen LogP contribution is 2.35. The minimum atomic E-state index is -0.186. The van der Waals surface area contributed by atoms with Gasteiger partial charge in [-0.1, -0.05) is 0 Å². The smallest absolute Gasteiger partial charge is 0.114 e. The van der Waals surface area contributed by atoms with Crippen LogP contribution in [0.3, 0.4) is 0 Å². The van der Waals surface area contributed by atoms with Crippen LogP contribution in [0.15, 0.2) is 0 Å². The molecular weight excluding hydrogens is 230 g/mol. The number of likely N-dealkylation sites (N-methyl/N-ethyl adjacent to an activating group) is 1. The predicted molar refractivity (Wildman–Crippen MR) is 71.4 cm³/mol. The number of nitrogens with zero attached hydrogens (tertiary/aromatic N) is 2. The number of nitrogens with two attached hydrogens (primary N) is 1. The van der Waals surface area contributed by atoms with E-state index < -0.39 is 0 Å². The molecule has 2 N–H and O–H groups in total. The Bertz CT molecular complexity index is 391. The van der Waals surface area contributed by atoms with E-state index in [9.17, 15) is 0 Å². The Balaban J connectivity index is 1.89. The van der Waals surface area contributed by atoms with E-state index in [1.54, 1.807) is 0 Å². The monoisotopic (exact) mass is 251 g/mol. The quantitative estimate of drug-likeness (QED) is 0.829. The highest BCUT2D eigenvalue weighted by atomic mass is 32.1. The molecule has 0 saturated carbocycles.